The summed E-state index contributed by atoms with van der Waals surface area (Å²) < 4.78 is 5.93. The van der Waals surface area contributed by atoms with Gasteiger partial charge in [0.05, 0.1) is 16.1 Å². The van der Waals surface area contributed by atoms with Gasteiger partial charge in [-0.05, 0) is 24.1 Å². The Morgan fingerprint density at radius 2 is 2.06 bits per heavy atom. The van der Waals surface area contributed by atoms with Gasteiger partial charge < -0.3 is 10.1 Å². The Balaban J connectivity index is 0.00000162. The second kappa shape index (κ2) is 7.56. The third-order valence-electron chi connectivity index (χ3n) is 3.01. The van der Waals surface area contributed by atoms with Crippen LogP contribution in [0.15, 0.2) is 18.2 Å². The Morgan fingerprint density at radius 1 is 1.33 bits per heavy atom. The van der Waals surface area contributed by atoms with E-state index in [4.69, 9.17) is 27.9 Å². The molecule has 2 nitrogen and oxygen atoms in total. The minimum atomic E-state index is 0. The summed E-state index contributed by atoms with van der Waals surface area (Å²) in [5, 5.41) is 4.47. The van der Waals surface area contributed by atoms with Crippen molar-refractivity contribution in [2.24, 2.45) is 5.92 Å². The first kappa shape index (κ1) is 16.1. The fourth-order valence-corrected chi connectivity index (χ4v) is 2.27. The maximum Gasteiger partial charge on any atom is 0.0877 e. The lowest BCUT2D eigenvalue weighted by molar-refractivity contribution is -0.00610. The first-order chi connectivity index (χ1) is 8.22. The highest BCUT2D eigenvalue weighted by Gasteiger charge is 2.29. The molecule has 1 heterocycles. The summed E-state index contributed by atoms with van der Waals surface area (Å²) in [6, 6.07) is 5.77. The zero-order valence-corrected chi connectivity index (χ0v) is 12.6. The average Bonchev–Trinajstić information content (AvgIpc) is 2.25. The van der Waals surface area contributed by atoms with E-state index in [1.807, 2.05) is 18.2 Å². The average molecular weight is 311 g/mol. The molecule has 1 atom stereocenters. The van der Waals surface area contributed by atoms with Crippen LogP contribution in [-0.4, -0.2) is 19.7 Å². The minimum absolute atomic E-state index is 0. The molecule has 18 heavy (non-hydrogen) atoms. The van der Waals surface area contributed by atoms with Crippen LogP contribution in [0.4, 0.5) is 0 Å². The number of ether oxygens (including phenoxy) is 1. The zero-order valence-electron chi connectivity index (χ0n) is 10.3. The van der Waals surface area contributed by atoms with Gasteiger partial charge in [-0.1, -0.05) is 36.2 Å². The van der Waals surface area contributed by atoms with Crippen molar-refractivity contribution in [1.29, 1.82) is 0 Å². The molecule has 0 aliphatic carbocycles. The molecule has 5 heteroatoms. The van der Waals surface area contributed by atoms with Gasteiger partial charge in [-0.15, -0.1) is 12.4 Å². The smallest absolute Gasteiger partial charge is 0.0877 e. The molecule has 0 bridgehead atoms. The Labute approximate surface area is 124 Å². The lowest BCUT2D eigenvalue weighted by Crippen LogP contribution is -2.46. The predicted molar refractivity (Wildman–Crippen MR) is 79.1 cm³/mol. The highest BCUT2D eigenvalue weighted by molar-refractivity contribution is 6.42. The van der Waals surface area contributed by atoms with Gasteiger partial charge in [-0.25, -0.2) is 0 Å². The van der Waals surface area contributed by atoms with E-state index in [9.17, 15) is 0 Å². The van der Waals surface area contributed by atoms with Crippen molar-refractivity contribution in [2.45, 2.75) is 19.4 Å². The molecule has 1 fully saturated rings. The fraction of sp³-hybridized carbons (Fsp3) is 0.538. The van der Waals surface area contributed by atoms with Gasteiger partial charge in [0.25, 0.3) is 0 Å². The van der Waals surface area contributed by atoms with Crippen LogP contribution >= 0.6 is 35.6 Å². The van der Waals surface area contributed by atoms with Crippen LogP contribution in [0.3, 0.4) is 0 Å². The van der Waals surface area contributed by atoms with Crippen LogP contribution < -0.4 is 5.32 Å². The Kier molecular flexibility index (Phi) is 6.75. The molecule has 0 radical (unpaired) electrons. The maximum atomic E-state index is 6.05. The van der Waals surface area contributed by atoms with Gasteiger partial charge >= 0.3 is 0 Å². The lowest BCUT2D eigenvalue weighted by Gasteiger charge is -2.35. The van der Waals surface area contributed by atoms with Gasteiger partial charge in [0.2, 0.25) is 0 Å². The van der Waals surface area contributed by atoms with Gasteiger partial charge in [0.1, 0.15) is 0 Å². The maximum absolute atomic E-state index is 6.05. The number of halogens is 3. The minimum Gasteiger partial charge on any atom is -0.373 e. The molecule has 1 N–H and O–H groups in total. The molecule has 102 valence electrons. The molecule has 0 unspecified atom stereocenters. The molecule has 1 saturated heterocycles. The number of hydrogen-bond acceptors (Lipinski definition) is 2. The highest BCUT2D eigenvalue weighted by atomic mass is 35.5. The molecule has 1 aliphatic rings. The first-order valence-corrected chi connectivity index (χ1v) is 6.75. The largest absolute Gasteiger partial charge is 0.373 e. The number of rotatable bonds is 5. The highest BCUT2D eigenvalue weighted by Crippen LogP contribution is 2.32. The second-order valence-corrected chi connectivity index (χ2v) is 5.20. The SMILES string of the molecule is CCCO[C@@H](c1ccc(Cl)c(Cl)c1)C1CNC1.Cl. The van der Waals surface area contributed by atoms with Crippen LogP contribution in [0.1, 0.15) is 25.0 Å². The van der Waals surface area contributed by atoms with Crippen LogP contribution in [0.5, 0.6) is 0 Å². The summed E-state index contributed by atoms with van der Waals surface area (Å²) in [5.74, 6) is 0.541. The van der Waals surface area contributed by atoms with E-state index < -0.39 is 0 Å². The lowest BCUT2D eigenvalue weighted by atomic mass is 9.91. The third kappa shape index (κ3) is 3.75. The number of nitrogens with one attached hydrogen (secondary N) is 1. The van der Waals surface area contributed by atoms with Crippen molar-refractivity contribution < 1.29 is 4.74 Å². The van der Waals surface area contributed by atoms with Crippen LogP contribution in [-0.2, 0) is 4.74 Å². The van der Waals surface area contributed by atoms with Crippen molar-refractivity contribution in [3.8, 4) is 0 Å². The molecular formula is C13H18Cl3NO. The predicted octanol–water partition coefficient (Wildman–Crippen LogP) is 4.10. The van der Waals surface area contributed by atoms with E-state index in [1.165, 1.54) is 0 Å². The first-order valence-electron chi connectivity index (χ1n) is 5.99. The van der Waals surface area contributed by atoms with E-state index in [0.717, 1.165) is 31.7 Å². The summed E-state index contributed by atoms with van der Waals surface area (Å²) in [4.78, 5) is 0. The summed E-state index contributed by atoms with van der Waals surface area (Å²) in [7, 11) is 0. The van der Waals surface area contributed by atoms with E-state index >= 15 is 0 Å². The van der Waals surface area contributed by atoms with Crippen LogP contribution in [0.2, 0.25) is 10.0 Å². The van der Waals surface area contributed by atoms with Gasteiger partial charge in [0.15, 0.2) is 0 Å². The van der Waals surface area contributed by atoms with Gasteiger partial charge in [-0.2, -0.15) is 0 Å². The van der Waals surface area contributed by atoms with Crippen molar-refractivity contribution in [1.82, 2.24) is 5.32 Å². The Morgan fingerprint density at radius 3 is 2.56 bits per heavy atom. The molecular weight excluding hydrogens is 293 g/mol. The zero-order chi connectivity index (χ0) is 12.3. The quantitative estimate of drug-likeness (QED) is 0.884. The summed E-state index contributed by atoms with van der Waals surface area (Å²) in [6.45, 7) is 4.91. The van der Waals surface area contributed by atoms with Crippen molar-refractivity contribution in [2.75, 3.05) is 19.7 Å². The Bertz CT molecular complexity index is 382. The second-order valence-electron chi connectivity index (χ2n) is 4.38. The summed E-state index contributed by atoms with van der Waals surface area (Å²) in [6.07, 6.45) is 1.16. The molecule has 0 saturated carbocycles. The monoisotopic (exact) mass is 309 g/mol. The molecule has 0 amide bonds. The van der Waals surface area contributed by atoms with Crippen molar-refractivity contribution in [3.63, 3.8) is 0 Å². The molecule has 1 aromatic rings. The number of benzene rings is 1. The summed E-state index contributed by atoms with van der Waals surface area (Å²) in [5.41, 5.74) is 1.12. The fourth-order valence-electron chi connectivity index (χ4n) is 1.96. The standard InChI is InChI=1S/C13H17Cl2NO.ClH/c1-2-5-17-13(10-7-16-8-10)9-3-4-11(14)12(15)6-9;/h3-4,6,10,13,16H,2,5,7-8H2,1H3;1H/t13-;/m0./s1. The van der Waals surface area contributed by atoms with Crippen LogP contribution in [0, 0.1) is 5.92 Å². The van der Waals surface area contributed by atoms with Crippen LogP contribution in [0.25, 0.3) is 0 Å². The van der Waals surface area contributed by atoms with Gasteiger partial charge in [0, 0.05) is 25.6 Å². The van der Waals surface area contributed by atoms with E-state index in [-0.39, 0.29) is 18.5 Å². The van der Waals surface area contributed by atoms with Crippen molar-refractivity contribution >= 4 is 35.6 Å². The summed E-state index contributed by atoms with van der Waals surface area (Å²) >= 11 is 12.0. The normalized spacial score (nSPS) is 16.8. The third-order valence-corrected chi connectivity index (χ3v) is 3.75. The Hall–Kier alpha value is 0.01000. The molecule has 1 aromatic carbocycles. The number of hydrogen-bond donors (Lipinski definition) is 1. The van der Waals surface area contributed by atoms with E-state index in [2.05, 4.69) is 12.2 Å². The van der Waals surface area contributed by atoms with E-state index in [1.54, 1.807) is 0 Å². The van der Waals surface area contributed by atoms with E-state index in [0.29, 0.717) is 16.0 Å². The topological polar surface area (TPSA) is 21.3 Å². The molecule has 0 spiro atoms. The molecule has 2 rings (SSSR count). The molecule has 0 aromatic heterocycles. The van der Waals surface area contributed by atoms with Crippen molar-refractivity contribution in [3.05, 3.63) is 33.8 Å². The van der Waals surface area contributed by atoms with Gasteiger partial charge in [-0.3, -0.25) is 0 Å². The molecule has 1 aliphatic heterocycles.